The summed E-state index contributed by atoms with van der Waals surface area (Å²) in [6.07, 6.45) is 3.25. The zero-order valence-electron chi connectivity index (χ0n) is 11.2. The Bertz CT molecular complexity index is 432. The van der Waals surface area contributed by atoms with E-state index in [0.717, 1.165) is 19.3 Å². The second kappa shape index (κ2) is 6.38. The maximum absolute atomic E-state index is 13.7. The largest absolute Gasteiger partial charge is 0.382 e. The summed E-state index contributed by atoms with van der Waals surface area (Å²) in [6.45, 7) is 5.87. The molecule has 0 saturated heterocycles. The summed E-state index contributed by atoms with van der Waals surface area (Å²) in [7, 11) is 0. The van der Waals surface area contributed by atoms with Crippen molar-refractivity contribution in [2.45, 2.75) is 46.1 Å². The second-order valence-corrected chi connectivity index (χ2v) is 4.68. The number of benzene rings is 1. The van der Waals surface area contributed by atoms with Crippen LogP contribution in [-0.2, 0) is 0 Å². The predicted molar refractivity (Wildman–Crippen MR) is 72.3 cm³/mol. The highest BCUT2D eigenvalue weighted by atomic mass is 19.1. The Kier molecular flexibility index (Phi) is 5.13. The van der Waals surface area contributed by atoms with E-state index in [-0.39, 0.29) is 11.6 Å². The molecule has 4 heteroatoms. The Morgan fingerprint density at radius 3 is 2.72 bits per heavy atom. The van der Waals surface area contributed by atoms with Crippen molar-refractivity contribution in [1.82, 2.24) is 0 Å². The number of hydrogen-bond acceptors (Lipinski definition) is 2. The van der Waals surface area contributed by atoms with Crippen molar-refractivity contribution in [2.75, 3.05) is 5.32 Å². The molecule has 0 spiro atoms. The van der Waals surface area contributed by atoms with Gasteiger partial charge in [-0.2, -0.15) is 0 Å². The highest BCUT2D eigenvalue weighted by Gasteiger charge is 2.12. The van der Waals surface area contributed by atoms with Crippen LogP contribution in [0.15, 0.2) is 12.1 Å². The van der Waals surface area contributed by atoms with Crippen LogP contribution in [0.2, 0.25) is 0 Å². The first kappa shape index (κ1) is 14.5. The molecule has 0 heterocycles. The van der Waals surface area contributed by atoms with Crippen LogP contribution < -0.4 is 11.1 Å². The second-order valence-electron chi connectivity index (χ2n) is 4.68. The SMILES string of the molecule is CCCCC(C)Nc1cc(C(N)=O)cc(F)c1C. The van der Waals surface area contributed by atoms with E-state index in [1.54, 1.807) is 13.0 Å². The van der Waals surface area contributed by atoms with Gasteiger partial charge in [0.05, 0.1) is 0 Å². The van der Waals surface area contributed by atoms with E-state index >= 15 is 0 Å². The number of unbranched alkanes of at least 4 members (excludes halogenated alkanes) is 1. The molecule has 0 bridgehead atoms. The molecule has 3 N–H and O–H groups in total. The molecule has 1 aromatic rings. The van der Waals surface area contributed by atoms with Gasteiger partial charge in [-0.15, -0.1) is 0 Å². The topological polar surface area (TPSA) is 55.1 Å². The quantitative estimate of drug-likeness (QED) is 0.816. The molecule has 100 valence electrons. The van der Waals surface area contributed by atoms with Gasteiger partial charge in [-0.3, -0.25) is 4.79 Å². The molecule has 0 aliphatic carbocycles. The zero-order valence-corrected chi connectivity index (χ0v) is 11.2. The molecule has 18 heavy (non-hydrogen) atoms. The summed E-state index contributed by atoms with van der Waals surface area (Å²) in [5.41, 5.74) is 6.54. The van der Waals surface area contributed by atoms with Crippen LogP contribution in [-0.4, -0.2) is 11.9 Å². The molecule has 1 unspecified atom stereocenters. The van der Waals surface area contributed by atoms with Gasteiger partial charge in [0, 0.05) is 22.9 Å². The fraction of sp³-hybridized carbons (Fsp3) is 0.500. The van der Waals surface area contributed by atoms with E-state index in [1.807, 2.05) is 6.92 Å². The van der Waals surface area contributed by atoms with Gasteiger partial charge in [0.1, 0.15) is 5.82 Å². The van der Waals surface area contributed by atoms with Crippen LogP contribution >= 0.6 is 0 Å². The predicted octanol–water partition coefficient (Wildman–Crippen LogP) is 3.22. The van der Waals surface area contributed by atoms with Gasteiger partial charge in [-0.1, -0.05) is 19.8 Å². The third-order valence-electron chi connectivity index (χ3n) is 3.02. The van der Waals surface area contributed by atoms with Crippen molar-refractivity contribution in [3.8, 4) is 0 Å². The third-order valence-corrected chi connectivity index (χ3v) is 3.02. The number of nitrogens with one attached hydrogen (secondary N) is 1. The molecule has 1 rings (SSSR count). The minimum absolute atomic E-state index is 0.197. The van der Waals surface area contributed by atoms with E-state index in [2.05, 4.69) is 12.2 Å². The Hall–Kier alpha value is -1.58. The number of rotatable bonds is 6. The molecule has 0 aromatic heterocycles. The first-order valence-electron chi connectivity index (χ1n) is 6.32. The van der Waals surface area contributed by atoms with Crippen molar-refractivity contribution in [2.24, 2.45) is 5.73 Å². The van der Waals surface area contributed by atoms with Gasteiger partial charge < -0.3 is 11.1 Å². The number of hydrogen-bond donors (Lipinski definition) is 2. The Labute approximate surface area is 108 Å². The number of amides is 1. The number of anilines is 1. The molecule has 0 saturated carbocycles. The minimum Gasteiger partial charge on any atom is -0.382 e. The molecule has 3 nitrogen and oxygen atoms in total. The molecule has 1 aromatic carbocycles. The lowest BCUT2D eigenvalue weighted by Crippen LogP contribution is -2.18. The molecule has 0 radical (unpaired) electrons. The average molecular weight is 252 g/mol. The number of halogens is 1. The summed E-state index contributed by atoms with van der Waals surface area (Å²) in [5, 5.41) is 3.23. The number of carbonyl (C=O) groups is 1. The molecular weight excluding hydrogens is 231 g/mol. The highest BCUT2D eigenvalue weighted by Crippen LogP contribution is 2.22. The lowest BCUT2D eigenvalue weighted by Gasteiger charge is -2.17. The molecule has 0 fully saturated rings. The van der Waals surface area contributed by atoms with Crippen LogP contribution in [0.3, 0.4) is 0 Å². The van der Waals surface area contributed by atoms with E-state index < -0.39 is 11.7 Å². The lowest BCUT2D eigenvalue weighted by atomic mass is 10.1. The van der Waals surface area contributed by atoms with E-state index in [9.17, 15) is 9.18 Å². The summed E-state index contributed by atoms with van der Waals surface area (Å²) in [4.78, 5) is 11.1. The molecular formula is C14H21FN2O. The smallest absolute Gasteiger partial charge is 0.248 e. The fourth-order valence-electron chi connectivity index (χ4n) is 1.82. The maximum atomic E-state index is 13.7. The maximum Gasteiger partial charge on any atom is 0.248 e. The van der Waals surface area contributed by atoms with Gasteiger partial charge in [0.2, 0.25) is 5.91 Å². The monoisotopic (exact) mass is 252 g/mol. The normalized spacial score (nSPS) is 12.2. The van der Waals surface area contributed by atoms with Crippen molar-refractivity contribution < 1.29 is 9.18 Å². The Morgan fingerprint density at radius 2 is 2.17 bits per heavy atom. The van der Waals surface area contributed by atoms with Gasteiger partial charge in [0.15, 0.2) is 0 Å². The molecule has 1 atom stereocenters. The fourth-order valence-corrected chi connectivity index (χ4v) is 1.82. The van der Waals surface area contributed by atoms with Crippen LogP contribution in [0.5, 0.6) is 0 Å². The Morgan fingerprint density at radius 1 is 1.50 bits per heavy atom. The zero-order chi connectivity index (χ0) is 13.7. The summed E-state index contributed by atoms with van der Waals surface area (Å²) < 4.78 is 13.7. The summed E-state index contributed by atoms with van der Waals surface area (Å²) >= 11 is 0. The molecule has 0 aliphatic heterocycles. The van der Waals surface area contributed by atoms with Crippen LogP contribution in [0.4, 0.5) is 10.1 Å². The van der Waals surface area contributed by atoms with Crippen LogP contribution in [0.25, 0.3) is 0 Å². The van der Waals surface area contributed by atoms with Crippen molar-refractivity contribution in [3.05, 3.63) is 29.1 Å². The Balaban J connectivity index is 2.90. The standard InChI is InChI=1S/C14H21FN2O/c1-4-5-6-9(2)17-13-8-11(14(16)18)7-12(15)10(13)3/h7-9,17H,4-6H2,1-3H3,(H2,16,18). The minimum atomic E-state index is -0.613. The van der Waals surface area contributed by atoms with Crippen LogP contribution in [0, 0.1) is 12.7 Å². The number of primary amides is 1. The lowest BCUT2D eigenvalue weighted by molar-refractivity contribution is 0.1000. The van der Waals surface area contributed by atoms with Crippen molar-refractivity contribution >= 4 is 11.6 Å². The van der Waals surface area contributed by atoms with Crippen molar-refractivity contribution in [1.29, 1.82) is 0 Å². The van der Waals surface area contributed by atoms with E-state index in [1.165, 1.54) is 6.07 Å². The highest BCUT2D eigenvalue weighted by molar-refractivity contribution is 5.94. The summed E-state index contributed by atoms with van der Waals surface area (Å²) in [5.74, 6) is -1.02. The van der Waals surface area contributed by atoms with Gasteiger partial charge in [-0.05, 0) is 32.4 Å². The van der Waals surface area contributed by atoms with Gasteiger partial charge in [0.25, 0.3) is 0 Å². The van der Waals surface area contributed by atoms with Crippen molar-refractivity contribution in [3.63, 3.8) is 0 Å². The first-order valence-corrected chi connectivity index (χ1v) is 6.32. The van der Waals surface area contributed by atoms with E-state index in [0.29, 0.717) is 11.3 Å². The van der Waals surface area contributed by atoms with Crippen LogP contribution in [0.1, 0.15) is 49.0 Å². The first-order chi connectivity index (χ1) is 8.45. The van der Waals surface area contributed by atoms with Gasteiger partial charge in [-0.25, -0.2) is 4.39 Å². The molecule has 0 aliphatic rings. The molecule has 1 amide bonds. The average Bonchev–Trinajstić information content (AvgIpc) is 2.31. The number of carbonyl (C=O) groups excluding carboxylic acids is 1. The number of nitrogens with two attached hydrogens (primary N) is 1. The third kappa shape index (κ3) is 3.72. The van der Waals surface area contributed by atoms with E-state index in [4.69, 9.17) is 5.73 Å². The summed E-state index contributed by atoms with van der Waals surface area (Å²) in [6, 6.07) is 3.04. The van der Waals surface area contributed by atoms with Gasteiger partial charge >= 0.3 is 0 Å².